The maximum absolute atomic E-state index is 11.6. The van der Waals surface area contributed by atoms with Gasteiger partial charge in [-0.3, -0.25) is 9.79 Å². The summed E-state index contributed by atoms with van der Waals surface area (Å²) in [5.74, 6) is 1.43. The van der Waals surface area contributed by atoms with E-state index in [0.717, 1.165) is 43.2 Å². The van der Waals surface area contributed by atoms with Gasteiger partial charge in [-0.05, 0) is 25.0 Å². The van der Waals surface area contributed by atoms with Gasteiger partial charge in [0.1, 0.15) is 5.75 Å². The number of piperidine rings is 1. The fourth-order valence-corrected chi connectivity index (χ4v) is 3.03. The number of methoxy groups -OCH3 is 2. The molecule has 0 unspecified atom stereocenters. The van der Waals surface area contributed by atoms with E-state index in [1.54, 1.807) is 20.2 Å². The molecule has 1 aromatic carbocycles. The topological polar surface area (TPSA) is 63.2 Å². The van der Waals surface area contributed by atoms with Crippen LogP contribution in [0, 0.1) is 5.92 Å². The molecule has 6 nitrogen and oxygen atoms in total. The third-order valence-corrected chi connectivity index (χ3v) is 4.46. The number of nitrogens with zero attached hydrogens (tertiary/aromatic N) is 2. The third kappa shape index (κ3) is 5.91. The van der Waals surface area contributed by atoms with Crippen LogP contribution in [0.15, 0.2) is 23.2 Å². The first-order valence-electron chi connectivity index (χ1n) is 7.95. The summed E-state index contributed by atoms with van der Waals surface area (Å²) in [4.78, 5) is 18.1. The Kier molecular flexibility index (Phi) is 9.34. The van der Waals surface area contributed by atoms with Crippen LogP contribution in [-0.4, -0.2) is 51.2 Å². The summed E-state index contributed by atoms with van der Waals surface area (Å²) in [6.07, 6.45) is 1.55. The van der Waals surface area contributed by atoms with Gasteiger partial charge in [-0.15, -0.1) is 24.0 Å². The van der Waals surface area contributed by atoms with E-state index in [9.17, 15) is 4.79 Å². The molecule has 0 radical (unpaired) electrons. The molecule has 1 N–H and O–H groups in total. The van der Waals surface area contributed by atoms with E-state index in [1.807, 2.05) is 12.1 Å². The quantitative estimate of drug-likeness (QED) is 0.310. The number of aliphatic imine (C=N–C) groups is 1. The number of likely N-dealkylation sites (tertiary alicyclic amines) is 1. The Bertz CT molecular complexity index is 605. The second-order valence-electron chi connectivity index (χ2n) is 5.64. The van der Waals surface area contributed by atoms with Crippen LogP contribution >= 0.6 is 35.6 Å². The van der Waals surface area contributed by atoms with Crippen LogP contribution in [0.5, 0.6) is 5.75 Å². The molecule has 8 heteroatoms. The van der Waals surface area contributed by atoms with Crippen molar-refractivity contribution >= 4 is 47.5 Å². The van der Waals surface area contributed by atoms with E-state index in [4.69, 9.17) is 21.1 Å². The number of benzene rings is 1. The standard InChI is InChI=1S/C17H24ClN3O3.HI/c1-19-17(21-8-6-12(7-9-21)16(22)24-3)20-11-13-4-5-14(18)10-15(13)23-2;/h4-5,10,12H,6-9,11H2,1-3H3,(H,19,20);1H. The van der Waals surface area contributed by atoms with Gasteiger partial charge in [0.25, 0.3) is 0 Å². The van der Waals surface area contributed by atoms with Crippen LogP contribution in [0.2, 0.25) is 5.02 Å². The van der Waals surface area contributed by atoms with Gasteiger partial charge < -0.3 is 19.7 Å². The summed E-state index contributed by atoms with van der Waals surface area (Å²) >= 11 is 5.99. The molecule has 1 saturated heterocycles. The van der Waals surface area contributed by atoms with Gasteiger partial charge >= 0.3 is 5.97 Å². The highest BCUT2D eigenvalue weighted by molar-refractivity contribution is 14.0. The lowest BCUT2D eigenvalue weighted by atomic mass is 9.97. The largest absolute Gasteiger partial charge is 0.496 e. The number of ether oxygens (including phenoxy) is 2. The van der Waals surface area contributed by atoms with Crippen molar-refractivity contribution in [1.82, 2.24) is 10.2 Å². The first-order chi connectivity index (χ1) is 11.6. The van der Waals surface area contributed by atoms with Gasteiger partial charge in [-0.25, -0.2) is 0 Å². The van der Waals surface area contributed by atoms with Gasteiger partial charge in [-0.1, -0.05) is 17.7 Å². The molecule has 0 spiro atoms. The molecule has 140 valence electrons. The van der Waals surface area contributed by atoms with Crippen LogP contribution in [0.4, 0.5) is 0 Å². The van der Waals surface area contributed by atoms with Crippen LogP contribution in [0.1, 0.15) is 18.4 Å². The predicted molar refractivity (Wildman–Crippen MR) is 110 cm³/mol. The molecule has 0 bridgehead atoms. The number of guanidine groups is 1. The number of esters is 1. The first kappa shape index (κ1) is 21.8. The van der Waals surface area contributed by atoms with Gasteiger partial charge in [0, 0.05) is 37.3 Å². The van der Waals surface area contributed by atoms with Crippen molar-refractivity contribution in [2.45, 2.75) is 19.4 Å². The van der Waals surface area contributed by atoms with Crippen LogP contribution in [0.3, 0.4) is 0 Å². The zero-order chi connectivity index (χ0) is 17.5. The minimum absolute atomic E-state index is 0. The van der Waals surface area contributed by atoms with E-state index in [1.165, 1.54) is 7.11 Å². The Morgan fingerprint density at radius 2 is 2.04 bits per heavy atom. The number of hydrogen-bond donors (Lipinski definition) is 1. The maximum Gasteiger partial charge on any atom is 0.308 e. The molecule has 1 fully saturated rings. The Hall–Kier alpha value is -1.22. The van der Waals surface area contributed by atoms with E-state index >= 15 is 0 Å². The fraction of sp³-hybridized carbons (Fsp3) is 0.529. The molecule has 0 saturated carbocycles. The number of carbonyl (C=O) groups is 1. The van der Waals surface area contributed by atoms with Crippen LogP contribution in [0.25, 0.3) is 0 Å². The summed E-state index contributed by atoms with van der Waals surface area (Å²) in [5, 5.41) is 3.99. The smallest absolute Gasteiger partial charge is 0.308 e. The third-order valence-electron chi connectivity index (χ3n) is 4.23. The lowest BCUT2D eigenvalue weighted by Gasteiger charge is -2.33. The molecule has 0 atom stereocenters. The van der Waals surface area contributed by atoms with Crippen LogP contribution in [-0.2, 0) is 16.1 Å². The van der Waals surface area contributed by atoms with Crippen molar-refractivity contribution in [1.29, 1.82) is 0 Å². The lowest BCUT2D eigenvalue weighted by molar-refractivity contribution is -0.146. The molecule has 1 aromatic rings. The summed E-state index contributed by atoms with van der Waals surface area (Å²) in [6, 6.07) is 5.57. The molecular weight excluding hydrogens is 457 g/mol. The number of halogens is 2. The van der Waals surface area contributed by atoms with Crippen LogP contribution < -0.4 is 10.1 Å². The van der Waals surface area contributed by atoms with Crippen molar-refractivity contribution in [3.05, 3.63) is 28.8 Å². The second kappa shape index (κ2) is 10.7. The predicted octanol–water partition coefficient (Wildman–Crippen LogP) is 2.93. The summed E-state index contributed by atoms with van der Waals surface area (Å²) in [6.45, 7) is 2.14. The van der Waals surface area contributed by atoms with E-state index in [-0.39, 0.29) is 35.9 Å². The number of rotatable bonds is 4. The van der Waals surface area contributed by atoms with Crippen molar-refractivity contribution < 1.29 is 14.3 Å². The Morgan fingerprint density at radius 1 is 1.36 bits per heavy atom. The van der Waals surface area contributed by atoms with Crippen molar-refractivity contribution in [2.24, 2.45) is 10.9 Å². The highest BCUT2D eigenvalue weighted by Crippen LogP contribution is 2.23. The highest BCUT2D eigenvalue weighted by atomic mass is 127. The summed E-state index contributed by atoms with van der Waals surface area (Å²) in [5.41, 5.74) is 1.01. The monoisotopic (exact) mass is 481 g/mol. The molecular formula is C17H25ClIN3O3. The first-order valence-corrected chi connectivity index (χ1v) is 8.32. The normalized spacial score (nSPS) is 15.4. The molecule has 0 amide bonds. The Labute approximate surface area is 170 Å². The number of carbonyl (C=O) groups excluding carboxylic acids is 1. The molecule has 1 heterocycles. The van der Waals surface area contributed by atoms with Gasteiger partial charge in [0.15, 0.2) is 5.96 Å². The minimum Gasteiger partial charge on any atom is -0.496 e. The Balaban J connectivity index is 0.00000312. The van der Waals surface area contributed by atoms with Crippen molar-refractivity contribution in [2.75, 3.05) is 34.4 Å². The molecule has 0 aromatic heterocycles. The molecule has 1 aliphatic heterocycles. The van der Waals surface area contributed by atoms with E-state index < -0.39 is 0 Å². The number of hydrogen-bond acceptors (Lipinski definition) is 4. The van der Waals surface area contributed by atoms with E-state index in [2.05, 4.69) is 15.2 Å². The van der Waals surface area contributed by atoms with Crippen molar-refractivity contribution in [3.8, 4) is 5.75 Å². The highest BCUT2D eigenvalue weighted by Gasteiger charge is 2.26. The Morgan fingerprint density at radius 3 is 2.60 bits per heavy atom. The van der Waals surface area contributed by atoms with Gasteiger partial charge in [-0.2, -0.15) is 0 Å². The number of nitrogens with one attached hydrogen (secondary N) is 1. The summed E-state index contributed by atoms with van der Waals surface area (Å²) < 4.78 is 10.2. The molecule has 2 rings (SSSR count). The van der Waals surface area contributed by atoms with Gasteiger partial charge in [0.2, 0.25) is 0 Å². The zero-order valence-electron chi connectivity index (χ0n) is 14.8. The van der Waals surface area contributed by atoms with Crippen molar-refractivity contribution in [3.63, 3.8) is 0 Å². The van der Waals surface area contributed by atoms with Gasteiger partial charge in [0.05, 0.1) is 20.1 Å². The lowest BCUT2D eigenvalue weighted by Crippen LogP contribution is -2.46. The zero-order valence-corrected chi connectivity index (χ0v) is 17.8. The minimum atomic E-state index is -0.122. The molecule has 25 heavy (non-hydrogen) atoms. The molecule has 1 aliphatic rings. The van der Waals surface area contributed by atoms with E-state index in [0.29, 0.717) is 11.6 Å². The molecule has 0 aliphatic carbocycles. The average Bonchev–Trinajstić information content (AvgIpc) is 2.62. The summed E-state index contributed by atoms with van der Waals surface area (Å²) in [7, 11) is 4.82. The average molecular weight is 482 g/mol. The SMILES string of the molecule is CN=C(NCc1ccc(Cl)cc1OC)N1CCC(C(=O)OC)CC1.I. The fourth-order valence-electron chi connectivity index (χ4n) is 2.86. The maximum atomic E-state index is 11.6. The second-order valence-corrected chi connectivity index (χ2v) is 6.08.